The largest absolute Gasteiger partial charge is 0.313 e. The van der Waals surface area contributed by atoms with Gasteiger partial charge < -0.3 is 5.32 Å². The number of aryl methyl sites for hydroxylation is 1. The summed E-state index contributed by atoms with van der Waals surface area (Å²) in [5, 5.41) is 3.44. The van der Waals surface area contributed by atoms with Crippen molar-refractivity contribution in [2.24, 2.45) is 11.8 Å². The zero-order valence-electron chi connectivity index (χ0n) is 12.2. The van der Waals surface area contributed by atoms with Crippen molar-refractivity contribution in [3.05, 3.63) is 35.1 Å². The predicted molar refractivity (Wildman–Crippen MR) is 78.6 cm³/mol. The molecule has 0 bridgehead atoms. The Bertz CT molecular complexity index is 394. The zero-order valence-corrected chi connectivity index (χ0v) is 12.2. The second-order valence-corrected chi connectivity index (χ2v) is 6.17. The minimum absolute atomic E-state index is 0.0967. The third-order valence-corrected chi connectivity index (χ3v) is 4.43. The third kappa shape index (κ3) is 4.61. The topological polar surface area (TPSA) is 12.0 Å². The Kier molecular flexibility index (Phi) is 5.38. The maximum Gasteiger partial charge on any atom is 0.126 e. The van der Waals surface area contributed by atoms with Crippen LogP contribution in [-0.2, 0) is 6.54 Å². The van der Waals surface area contributed by atoms with Crippen molar-refractivity contribution in [3.63, 3.8) is 0 Å². The van der Waals surface area contributed by atoms with Gasteiger partial charge in [-0.3, -0.25) is 0 Å². The molecule has 0 atom stereocenters. The molecule has 0 aliphatic heterocycles. The Morgan fingerprint density at radius 3 is 2.63 bits per heavy atom. The second kappa shape index (κ2) is 7.04. The summed E-state index contributed by atoms with van der Waals surface area (Å²) >= 11 is 0. The summed E-state index contributed by atoms with van der Waals surface area (Å²) in [7, 11) is 0. The molecule has 1 N–H and O–H groups in total. The summed E-state index contributed by atoms with van der Waals surface area (Å²) in [6, 6.07) is 5.51. The highest BCUT2D eigenvalue weighted by Gasteiger charge is 2.17. The summed E-state index contributed by atoms with van der Waals surface area (Å²) in [5.74, 6) is 1.73. The van der Waals surface area contributed by atoms with Crippen LogP contribution in [0.15, 0.2) is 18.2 Å². The molecule has 1 fully saturated rings. The van der Waals surface area contributed by atoms with Crippen molar-refractivity contribution < 1.29 is 4.39 Å². The van der Waals surface area contributed by atoms with Gasteiger partial charge in [-0.2, -0.15) is 0 Å². The van der Waals surface area contributed by atoms with E-state index in [1.165, 1.54) is 32.1 Å². The van der Waals surface area contributed by atoms with Gasteiger partial charge in [0.05, 0.1) is 0 Å². The predicted octanol–water partition coefficient (Wildman–Crippen LogP) is 4.44. The van der Waals surface area contributed by atoms with Gasteiger partial charge in [0.2, 0.25) is 0 Å². The molecule has 2 rings (SSSR count). The molecule has 0 heterocycles. The van der Waals surface area contributed by atoms with Gasteiger partial charge in [-0.05, 0) is 48.9 Å². The van der Waals surface area contributed by atoms with Crippen molar-refractivity contribution in [1.29, 1.82) is 0 Å². The number of benzene rings is 1. The van der Waals surface area contributed by atoms with E-state index in [0.29, 0.717) is 0 Å². The lowest BCUT2D eigenvalue weighted by Gasteiger charge is -2.26. The minimum atomic E-state index is -0.0967. The molecule has 1 aliphatic rings. The van der Waals surface area contributed by atoms with Crippen molar-refractivity contribution in [2.45, 2.75) is 52.5 Å². The molecule has 2 heteroatoms. The number of halogens is 1. The van der Waals surface area contributed by atoms with Gasteiger partial charge >= 0.3 is 0 Å². The van der Waals surface area contributed by atoms with Gasteiger partial charge in [0.1, 0.15) is 5.82 Å². The monoisotopic (exact) mass is 263 g/mol. The summed E-state index contributed by atoms with van der Waals surface area (Å²) in [4.78, 5) is 0. The van der Waals surface area contributed by atoms with Crippen LogP contribution in [0, 0.1) is 24.6 Å². The SMILES string of the molecule is Cc1ccc(CNCCC2CCC(C)CC2)cc1F. The van der Waals surface area contributed by atoms with Gasteiger partial charge in [-0.25, -0.2) is 4.39 Å². The molecular weight excluding hydrogens is 237 g/mol. The van der Waals surface area contributed by atoms with E-state index in [0.717, 1.165) is 36.1 Å². The van der Waals surface area contributed by atoms with Crippen molar-refractivity contribution in [2.75, 3.05) is 6.54 Å². The lowest BCUT2D eigenvalue weighted by molar-refractivity contribution is 0.275. The highest BCUT2D eigenvalue weighted by Crippen LogP contribution is 2.29. The standard InChI is InChI=1S/C17H26FN/c1-13-3-6-15(7-4-13)9-10-19-12-16-8-5-14(2)17(18)11-16/h5,8,11,13,15,19H,3-4,6-7,9-10,12H2,1-2H3. The van der Waals surface area contributed by atoms with Crippen LogP contribution in [0.2, 0.25) is 0 Å². The molecule has 1 aromatic rings. The average molecular weight is 263 g/mol. The van der Waals surface area contributed by atoms with E-state index in [-0.39, 0.29) is 5.82 Å². The molecule has 0 spiro atoms. The van der Waals surface area contributed by atoms with E-state index in [9.17, 15) is 4.39 Å². The van der Waals surface area contributed by atoms with E-state index in [1.807, 2.05) is 12.1 Å². The van der Waals surface area contributed by atoms with E-state index in [1.54, 1.807) is 13.0 Å². The molecule has 0 saturated heterocycles. The van der Waals surface area contributed by atoms with Crippen LogP contribution >= 0.6 is 0 Å². The Hall–Kier alpha value is -0.890. The number of rotatable bonds is 5. The summed E-state index contributed by atoms with van der Waals surface area (Å²) < 4.78 is 13.4. The number of hydrogen-bond donors (Lipinski definition) is 1. The first-order chi connectivity index (χ1) is 9.15. The van der Waals surface area contributed by atoms with Crippen LogP contribution in [-0.4, -0.2) is 6.54 Å². The van der Waals surface area contributed by atoms with Crippen LogP contribution in [0.3, 0.4) is 0 Å². The fourth-order valence-electron chi connectivity index (χ4n) is 2.90. The normalized spacial score (nSPS) is 23.5. The summed E-state index contributed by atoms with van der Waals surface area (Å²) in [5.41, 5.74) is 1.76. The molecule has 1 nitrogen and oxygen atoms in total. The van der Waals surface area contributed by atoms with Crippen LogP contribution in [0.5, 0.6) is 0 Å². The first-order valence-electron chi connectivity index (χ1n) is 7.61. The van der Waals surface area contributed by atoms with Crippen LogP contribution in [0.1, 0.15) is 50.2 Å². The van der Waals surface area contributed by atoms with Gasteiger partial charge in [0, 0.05) is 6.54 Å². The molecule has 1 aromatic carbocycles. The quantitative estimate of drug-likeness (QED) is 0.774. The first-order valence-corrected chi connectivity index (χ1v) is 7.61. The number of hydrogen-bond acceptors (Lipinski definition) is 1. The Labute approximate surface area is 116 Å². The Morgan fingerprint density at radius 1 is 1.21 bits per heavy atom. The third-order valence-electron chi connectivity index (χ3n) is 4.43. The minimum Gasteiger partial charge on any atom is -0.313 e. The van der Waals surface area contributed by atoms with Crippen molar-refractivity contribution in [3.8, 4) is 0 Å². The molecular formula is C17H26FN. The lowest BCUT2D eigenvalue weighted by atomic mass is 9.81. The smallest absolute Gasteiger partial charge is 0.126 e. The molecule has 0 radical (unpaired) electrons. The Morgan fingerprint density at radius 2 is 1.95 bits per heavy atom. The van der Waals surface area contributed by atoms with Gasteiger partial charge in [0.15, 0.2) is 0 Å². The maximum absolute atomic E-state index is 13.4. The van der Waals surface area contributed by atoms with Crippen molar-refractivity contribution in [1.82, 2.24) is 5.32 Å². The molecule has 1 aliphatic carbocycles. The zero-order chi connectivity index (χ0) is 13.7. The Balaban J connectivity index is 1.65. The molecule has 0 aromatic heterocycles. The summed E-state index contributed by atoms with van der Waals surface area (Å²) in [6.07, 6.45) is 6.84. The second-order valence-electron chi connectivity index (χ2n) is 6.17. The first kappa shape index (κ1) is 14.5. The number of nitrogens with one attached hydrogen (secondary N) is 1. The van der Waals surface area contributed by atoms with Crippen LogP contribution in [0.25, 0.3) is 0 Å². The average Bonchev–Trinajstić information content (AvgIpc) is 2.41. The summed E-state index contributed by atoms with van der Waals surface area (Å²) in [6.45, 7) is 5.99. The highest BCUT2D eigenvalue weighted by molar-refractivity contribution is 5.23. The van der Waals surface area contributed by atoms with Gasteiger partial charge in [0.25, 0.3) is 0 Å². The van der Waals surface area contributed by atoms with Gasteiger partial charge in [-0.15, -0.1) is 0 Å². The maximum atomic E-state index is 13.4. The molecule has 0 amide bonds. The fourth-order valence-corrected chi connectivity index (χ4v) is 2.90. The van der Waals surface area contributed by atoms with Gasteiger partial charge in [-0.1, -0.05) is 44.7 Å². The molecule has 19 heavy (non-hydrogen) atoms. The lowest BCUT2D eigenvalue weighted by Crippen LogP contribution is -2.20. The van der Waals surface area contributed by atoms with Crippen molar-refractivity contribution >= 4 is 0 Å². The van der Waals surface area contributed by atoms with Crippen LogP contribution in [0.4, 0.5) is 4.39 Å². The molecule has 106 valence electrons. The van der Waals surface area contributed by atoms with Crippen LogP contribution < -0.4 is 5.32 Å². The van der Waals surface area contributed by atoms with E-state index in [4.69, 9.17) is 0 Å². The molecule has 0 unspecified atom stereocenters. The van der Waals surface area contributed by atoms with E-state index < -0.39 is 0 Å². The van der Waals surface area contributed by atoms with E-state index in [2.05, 4.69) is 12.2 Å². The fraction of sp³-hybridized carbons (Fsp3) is 0.647. The molecule has 1 saturated carbocycles. The highest BCUT2D eigenvalue weighted by atomic mass is 19.1. The van der Waals surface area contributed by atoms with E-state index >= 15 is 0 Å².